The highest BCUT2D eigenvalue weighted by atomic mass is 32.2. The van der Waals surface area contributed by atoms with E-state index in [-0.39, 0.29) is 0 Å². The average Bonchev–Trinajstić information content (AvgIpc) is 3.06. The maximum absolute atomic E-state index is 11.6. The van der Waals surface area contributed by atoms with Gasteiger partial charge in [-0.25, -0.2) is 8.42 Å². The van der Waals surface area contributed by atoms with E-state index in [1.54, 1.807) is 12.1 Å². The SMILES string of the molecule is CS(=O)(=O)c1ccc(C2CCCC(NCC3CCSC3)N2)cc1. The van der Waals surface area contributed by atoms with Gasteiger partial charge in [0, 0.05) is 18.8 Å². The maximum Gasteiger partial charge on any atom is 0.175 e. The summed E-state index contributed by atoms with van der Waals surface area (Å²) in [7, 11) is -3.11. The van der Waals surface area contributed by atoms with Crippen molar-refractivity contribution in [2.24, 2.45) is 5.92 Å². The van der Waals surface area contributed by atoms with Gasteiger partial charge in [0.1, 0.15) is 0 Å². The largest absolute Gasteiger partial charge is 0.302 e. The summed E-state index contributed by atoms with van der Waals surface area (Å²) in [6.45, 7) is 1.10. The van der Waals surface area contributed by atoms with Crippen LogP contribution in [0.1, 0.15) is 37.3 Å². The van der Waals surface area contributed by atoms with Crippen LogP contribution >= 0.6 is 11.8 Å². The van der Waals surface area contributed by atoms with Gasteiger partial charge in [-0.05, 0) is 60.8 Å². The smallest absolute Gasteiger partial charge is 0.175 e. The topological polar surface area (TPSA) is 58.2 Å². The van der Waals surface area contributed by atoms with Gasteiger partial charge in [0.15, 0.2) is 9.84 Å². The number of benzene rings is 1. The molecule has 3 atom stereocenters. The first-order valence-electron chi connectivity index (χ1n) is 8.39. The summed E-state index contributed by atoms with van der Waals surface area (Å²) in [6.07, 6.45) is 6.42. The molecule has 1 aromatic carbocycles. The molecule has 0 amide bonds. The summed E-state index contributed by atoms with van der Waals surface area (Å²) in [4.78, 5) is 0.394. The molecule has 2 saturated heterocycles. The van der Waals surface area contributed by atoms with Crippen molar-refractivity contribution < 1.29 is 8.42 Å². The van der Waals surface area contributed by atoms with Crippen molar-refractivity contribution >= 4 is 21.6 Å². The van der Waals surface area contributed by atoms with Gasteiger partial charge in [0.05, 0.1) is 11.1 Å². The Balaban J connectivity index is 1.57. The third kappa shape index (κ3) is 4.72. The molecule has 2 heterocycles. The minimum absolute atomic E-state index is 0.313. The molecule has 0 spiro atoms. The predicted molar refractivity (Wildman–Crippen MR) is 96.5 cm³/mol. The van der Waals surface area contributed by atoms with E-state index in [1.807, 2.05) is 12.1 Å². The lowest BCUT2D eigenvalue weighted by Gasteiger charge is -2.32. The van der Waals surface area contributed by atoms with Crippen LogP contribution in [0.2, 0.25) is 0 Å². The van der Waals surface area contributed by atoms with Crippen LogP contribution in [-0.2, 0) is 9.84 Å². The summed E-state index contributed by atoms with van der Waals surface area (Å²) in [6, 6.07) is 7.65. The van der Waals surface area contributed by atoms with Crippen LogP contribution in [0.3, 0.4) is 0 Å². The highest BCUT2D eigenvalue weighted by Gasteiger charge is 2.23. The van der Waals surface area contributed by atoms with Gasteiger partial charge >= 0.3 is 0 Å². The van der Waals surface area contributed by atoms with E-state index in [4.69, 9.17) is 0 Å². The minimum Gasteiger partial charge on any atom is -0.302 e. The molecule has 2 aliphatic heterocycles. The molecule has 2 N–H and O–H groups in total. The molecule has 0 bridgehead atoms. The average molecular weight is 355 g/mol. The quantitative estimate of drug-likeness (QED) is 0.851. The molecule has 23 heavy (non-hydrogen) atoms. The van der Waals surface area contributed by atoms with Crippen molar-refractivity contribution in [3.8, 4) is 0 Å². The molecule has 0 aromatic heterocycles. The minimum atomic E-state index is -3.11. The van der Waals surface area contributed by atoms with Crippen LogP contribution in [0.15, 0.2) is 29.2 Å². The monoisotopic (exact) mass is 354 g/mol. The molecule has 6 heteroatoms. The molecule has 1 aromatic rings. The lowest BCUT2D eigenvalue weighted by molar-refractivity contribution is 0.274. The Bertz CT molecular complexity index is 610. The van der Waals surface area contributed by atoms with E-state index in [9.17, 15) is 8.42 Å². The van der Waals surface area contributed by atoms with Crippen LogP contribution < -0.4 is 10.6 Å². The van der Waals surface area contributed by atoms with Crippen LogP contribution in [0.5, 0.6) is 0 Å². The Morgan fingerprint density at radius 1 is 1.22 bits per heavy atom. The summed E-state index contributed by atoms with van der Waals surface area (Å²) < 4.78 is 23.1. The van der Waals surface area contributed by atoms with Crippen LogP contribution in [0.25, 0.3) is 0 Å². The van der Waals surface area contributed by atoms with E-state index < -0.39 is 9.84 Å². The van der Waals surface area contributed by atoms with E-state index in [1.165, 1.54) is 36.2 Å². The summed E-state index contributed by atoms with van der Waals surface area (Å²) in [5, 5.41) is 7.36. The van der Waals surface area contributed by atoms with Gasteiger partial charge in [-0.15, -0.1) is 0 Å². The second-order valence-electron chi connectivity index (χ2n) is 6.68. The lowest BCUT2D eigenvalue weighted by Crippen LogP contribution is -2.48. The Hall–Kier alpha value is -0.560. The molecule has 0 aliphatic carbocycles. The molecule has 0 radical (unpaired) electrons. The number of hydrogen-bond acceptors (Lipinski definition) is 5. The summed E-state index contributed by atoms with van der Waals surface area (Å²) in [5.41, 5.74) is 1.18. The summed E-state index contributed by atoms with van der Waals surface area (Å²) in [5.74, 6) is 3.41. The molecular weight excluding hydrogens is 328 g/mol. The number of hydrogen-bond donors (Lipinski definition) is 2. The number of nitrogens with one attached hydrogen (secondary N) is 2. The van der Waals surface area contributed by atoms with E-state index in [0.717, 1.165) is 25.3 Å². The molecule has 2 aliphatic rings. The Kier molecular flexibility index (Phi) is 5.67. The van der Waals surface area contributed by atoms with Crippen molar-refractivity contribution in [1.82, 2.24) is 10.6 Å². The van der Waals surface area contributed by atoms with Gasteiger partial charge in [-0.2, -0.15) is 11.8 Å². The summed E-state index contributed by atoms with van der Waals surface area (Å²) >= 11 is 2.06. The first-order chi connectivity index (χ1) is 11.0. The fourth-order valence-electron chi connectivity index (χ4n) is 3.36. The van der Waals surface area contributed by atoms with Crippen molar-refractivity contribution in [1.29, 1.82) is 0 Å². The molecule has 4 nitrogen and oxygen atoms in total. The standard InChI is InChI=1S/C17H26N2O2S2/c1-23(20,21)15-7-5-14(6-8-15)16-3-2-4-17(19-16)18-11-13-9-10-22-12-13/h5-8,13,16-19H,2-4,9-12H2,1H3. The third-order valence-corrected chi connectivity index (χ3v) is 7.14. The molecule has 3 rings (SSSR count). The van der Waals surface area contributed by atoms with Gasteiger partial charge < -0.3 is 5.32 Å². The van der Waals surface area contributed by atoms with E-state index in [2.05, 4.69) is 22.4 Å². The van der Waals surface area contributed by atoms with E-state index in [0.29, 0.717) is 17.1 Å². The zero-order valence-corrected chi connectivity index (χ0v) is 15.3. The van der Waals surface area contributed by atoms with Crippen molar-refractivity contribution in [2.75, 3.05) is 24.3 Å². The van der Waals surface area contributed by atoms with Crippen molar-refractivity contribution in [2.45, 2.75) is 42.8 Å². The Morgan fingerprint density at radius 3 is 2.65 bits per heavy atom. The van der Waals surface area contributed by atoms with Crippen molar-refractivity contribution in [3.05, 3.63) is 29.8 Å². The zero-order chi connectivity index (χ0) is 16.3. The second-order valence-corrected chi connectivity index (χ2v) is 9.85. The van der Waals surface area contributed by atoms with Crippen molar-refractivity contribution in [3.63, 3.8) is 0 Å². The van der Waals surface area contributed by atoms with Gasteiger partial charge in [0.25, 0.3) is 0 Å². The van der Waals surface area contributed by atoms with Crippen LogP contribution in [0, 0.1) is 5.92 Å². The maximum atomic E-state index is 11.6. The Morgan fingerprint density at radius 2 is 2.00 bits per heavy atom. The van der Waals surface area contributed by atoms with E-state index >= 15 is 0 Å². The second kappa shape index (κ2) is 7.55. The van der Waals surface area contributed by atoms with Crippen LogP contribution in [-0.4, -0.2) is 38.9 Å². The fraction of sp³-hybridized carbons (Fsp3) is 0.647. The van der Waals surface area contributed by atoms with Gasteiger partial charge in [-0.3, -0.25) is 5.32 Å². The first-order valence-corrected chi connectivity index (χ1v) is 11.4. The number of rotatable bonds is 5. The molecule has 2 fully saturated rings. The highest BCUT2D eigenvalue weighted by molar-refractivity contribution is 7.99. The Labute approximate surface area is 143 Å². The third-order valence-electron chi connectivity index (χ3n) is 4.78. The molecule has 128 valence electrons. The normalized spacial score (nSPS) is 28.8. The number of piperidine rings is 1. The molecule has 3 unspecified atom stereocenters. The highest BCUT2D eigenvalue weighted by Crippen LogP contribution is 2.27. The number of thioether (sulfide) groups is 1. The number of sulfone groups is 1. The van der Waals surface area contributed by atoms with Gasteiger partial charge in [0.2, 0.25) is 0 Å². The van der Waals surface area contributed by atoms with Crippen LogP contribution in [0.4, 0.5) is 0 Å². The molecular formula is C17H26N2O2S2. The van der Waals surface area contributed by atoms with Gasteiger partial charge in [-0.1, -0.05) is 12.1 Å². The zero-order valence-electron chi connectivity index (χ0n) is 13.6. The lowest BCUT2D eigenvalue weighted by atomic mass is 9.96. The first kappa shape index (κ1) is 17.3. The fourth-order valence-corrected chi connectivity index (χ4v) is 5.28. The molecule has 0 saturated carbocycles. The predicted octanol–water partition coefficient (Wildman–Crippen LogP) is 2.57.